The van der Waals surface area contributed by atoms with Crippen LogP contribution < -0.4 is 0 Å². The molecule has 46 heavy (non-hydrogen) atoms. The number of aromatic nitrogens is 8. The van der Waals surface area contributed by atoms with Gasteiger partial charge in [0.2, 0.25) is 0 Å². The van der Waals surface area contributed by atoms with Crippen LogP contribution in [0.5, 0.6) is 0 Å². The highest BCUT2D eigenvalue weighted by molar-refractivity contribution is 5.99. The van der Waals surface area contributed by atoms with Gasteiger partial charge in [-0.15, -0.1) is 0 Å². The van der Waals surface area contributed by atoms with Crippen molar-refractivity contribution in [3.05, 3.63) is 108 Å². The minimum absolute atomic E-state index is 0.383. The van der Waals surface area contributed by atoms with Crippen molar-refractivity contribution >= 4 is 52.3 Å². The van der Waals surface area contributed by atoms with E-state index in [9.17, 15) is 4.79 Å². The highest BCUT2D eigenvalue weighted by Crippen LogP contribution is 2.36. The second-order valence-corrected chi connectivity index (χ2v) is 11.2. The zero-order valence-electron chi connectivity index (χ0n) is 25.3. The van der Waals surface area contributed by atoms with Crippen LogP contribution in [-0.4, -0.2) is 52.1 Å². The van der Waals surface area contributed by atoms with Gasteiger partial charge < -0.3 is 23.8 Å². The molecule has 8 rings (SSSR count). The zero-order chi connectivity index (χ0) is 31.4. The number of methoxy groups -OCH3 is 1. The van der Waals surface area contributed by atoms with E-state index in [1.165, 1.54) is 7.11 Å². The lowest BCUT2D eigenvalue weighted by Gasteiger charge is -2.07. The van der Waals surface area contributed by atoms with Crippen molar-refractivity contribution in [2.24, 2.45) is 14.1 Å². The van der Waals surface area contributed by atoms with Gasteiger partial charge in [-0.25, -0.2) is 24.7 Å². The summed E-state index contributed by atoms with van der Waals surface area (Å²) in [5.41, 5.74) is 10.8. The Morgan fingerprint density at radius 3 is 1.98 bits per heavy atom. The fourth-order valence-electron chi connectivity index (χ4n) is 5.98. The van der Waals surface area contributed by atoms with Crippen LogP contribution in [0, 0.1) is 0 Å². The van der Waals surface area contributed by atoms with Crippen molar-refractivity contribution in [2.45, 2.75) is 0 Å². The molecule has 0 aliphatic carbocycles. The standard InChI is InChI=1S/C36H28N8O2/c1-43-16-14-37-34(43)31-28-11-8-23(39-28)18-24-10-13-30(41-24)32(35-38-15-17-44(35)2)33-27(21-4-6-22(7-5-21)36(45)46-3)20-26(42-33)19-25-9-12-29(31)40-25/h4-20,39,42H,1-3H3. The van der Waals surface area contributed by atoms with Crippen molar-refractivity contribution in [1.29, 1.82) is 0 Å². The Bertz CT molecular complexity index is 2400. The molecule has 0 saturated carbocycles. The number of carbonyl (C=O) groups excluding carboxylic acids is 1. The number of benzene rings is 1. The van der Waals surface area contributed by atoms with Crippen molar-refractivity contribution < 1.29 is 9.53 Å². The molecule has 10 heteroatoms. The largest absolute Gasteiger partial charge is 0.465 e. The van der Waals surface area contributed by atoms with E-state index in [0.29, 0.717) is 5.56 Å². The number of hydrogen-bond donors (Lipinski definition) is 2. The Hall–Kier alpha value is -6.29. The number of ether oxygens (including phenoxy) is 1. The van der Waals surface area contributed by atoms with E-state index in [1.807, 2.05) is 90.3 Å². The van der Waals surface area contributed by atoms with Gasteiger partial charge in [-0.05, 0) is 72.3 Å². The molecule has 6 aromatic rings. The maximum Gasteiger partial charge on any atom is 0.337 e. The molecule has 0 unspecified atom stereocenters. The molecular formula is C36H28N8O2. The Balaban J connectivity index is 1.48. The number of fused-ring (bicyclic) bond motifs is 8. The quantitative estimate of drug-likeness (QED) is 0.211. The lowest BCUT2D eigenvalue weighted by molar-refractivity contribution is 0.0600. The molecule has 0 radical (unpaired) electrons. The van der Waals surface area contributed by atoms with Gasteiger partial charge in [0.15, 0.2) is 0 Å². The number of hydrogen-bond acceptors (Lipinski definition) is 6. The van der Waals surface area contributed by atoms with Gasteiger partial charge in [0.1, 0.15) is 11.6 Å². The molecule has 8 bridgehead atoms. The predicted molar refractivity (Wildman–Crippen MR) is 180 cm³/mol. The normalized spacial score (nSPS) is 12.2. The smallest absolute Gasteiger partial charge is 0.337 e. The molecular weight excluding hydrogens is 576 g/mol. The topological polar surface area (TPSA) is 119 Å². The predicted octanol–water partition coefficient (Wildman–Crippen LogP) is 6.91. The van der Waals surface area contributed by atoms with Crippen molar-refractivity contribution in [3.63, 3.8) is 0 Å². The van der Waals surface area contributed by atoms with E-state index in [1.54, 1.807) is 24.5 Å². The van der Waals surface area contributed by atoms with E-state index >= 15 is 0 Å². The van der Waals surface area contributed by atoms with Gasteiger partial charge >= 0.3 is 5.97 Å². The summed E-state index contributed by atoms with van der Waals surface area (Å²) in [6.45, 7) is 0. The monoisotopic (exact) mass is 604 g/mol. The summed E-state index contributed by atoms with van der Waals surface area (Å²) in [5.74, 6) is 1.19. The number of carbonyl (C=O) groups is 1. The van der Waals surface area contributed by atoms with Crippen LogP contribution in [0.1, 0.15) is 33.1 Å². The highest BCUT2D eigenvalue weighted by atomic mass is 16.5. The third kappa shape index (κ3) is 4.63. The number of esters is 1. The highest BCUT2D eigenvalue weighted by Gasteiger charge is 2.19. The van der Waals surface area contributed by atoms with Crippen LogP contribution >= 0.6 is 0 Å². The first kappa shape index (κ1) is 27.3. The first-order chi connectivity index (χ1) is 22.4. The Morgan fingerprint density at radius 2 is 1.35 bits per heavy atom. The van der Waals surface area contributed by atoms with Crippen LogP contribution in [0.25, 0.3) is 80.3 Å². The maximum absolute atomic E-state index is 12.2. The van der Waals surface area contributed by atoms with E-state index in [2.05, 4.69) is 27.1 Å². The summed E-state index contributed by atoms with van der Waals surface area (Å²) in [5, 5.41) is 0. The molecule has 0 spiro atoms. The van der Waals surface area contributed by atoms with Crippen molar-refractivity contribution in [2.75, 3.05) is 7.11 Å². The average molecular weight is 605 g/mol. The van der Waals surface area contributed by atoms with Gasteiger partial charge in [-0.2, -0.15) is 0 Å². The molecule has 0 atom stereocenters. The van der Waals surface area contributed by atoms with Gasteiger partial charge in [-0.1, -0.05) is 12.1 Å². The molecule has 2 aliphatic rings. The van der Waals surface area contributed by atoms with E-state index in [-0.39, 0.29) is 5.97 Å². The number of rotatable bonds is 4. The lowest BCUT2D eigenvalue weighted by atomic mass is 10.0. The van der Waals surface area contributed by atoms with Crippen molar-refractivity contribution in [1.82, 2.24) is 39.0 Å². The van der Waals surface area contributed by atoms with Gasteiger partial charge in [0.05, 0.1) is 57.6 Å². The first-order valence-electron chi connectivity index (χ1n) is 14.7. The average Bonchev–Trinajstić information content (AvgIpc) is 3.91. The van der Waals surface area contributed by atoms with Crippen LogP contribution in [-0.2, 0) is 18.8 Å². The molecule has 224 valence electrons. The second kappa shape index (κ2) is 10.7. The molecule has 7 heterocycles. The van der Waals surface area contributed by atoms with Crippen LogP contribution in [0.4, 0.5) is 0 Å². The zero-order valence-corrected chi connectivity index (χ0v) is 25.3. The van der Waals surface area contributed by atoms with E-state index < -0.39 is 0 Å². The summed E-state index contributed by atoms with van der Waals surface area (Å²) in [4.78, 5) is 38.9. The molecule has 2 N–H and O–H groups in total. The van der Waals surface area contributed by atoms with Crippen molar-refractivity contribution in [3.8, 4) is 33.9 Å². The fraction of sp³-hybridized carbons (Fsp3) is 0.0833. The molecule has 2 aliphatic heterocycles. The number of nitrogens with zero attached hydrogens (tertiary/aromatic N) is 6. The third-order valence-corrected chi connectivity index (χ3v) is 8.22. The summed E-state index contributed by atoms with van der Waals surface area (Å²) < 4.78 is 8.90. The van der Waals surface area contributed by atoms with Crippen LogP contribution in [0.15, 0.2) is 79.4 Å². The Labute approximate surface area is 263 Å². The maximum atomic E-state index is 12.2. The summed E-state index contributed by atoms with van der Waals surface area (Å²) in [6.07, 6.45) is 15.5. The first-order valence-corrected chi connectivity index (χ1v) is 14.7. The van der Waals surface area contributed by atoms with E-state index in [4.69, 9.17) is 19.7 Å². The third-order valence-electron chi connectivity index (χ3n) is 8.22. The summed E-state index contributed by atoms with van der Waals surface area (Å²) in [6, 6.07) is 17.6. The van der Waals surface area contributed by atoms with Crippen LogP contribution in [0.2, 0.25) is 0 Å². The number of nitrogens with one attached hydrogen (secondary N) is 2. The lowest BCUT2D eigenvalue weighted by Crippen LogP contribution is -2.00. The molecule has 0 fully saturated rings. The molecule has 10 nitrogen and oxygen atoms in total. The number of imidazole rings is 2. The minimum Gasteiger partial charge on any atom is -0.465 e. The summed E-state index contributed by atoms with van der Waals surface area (Å²) in [7, 11) is 5.33. The van der Waals surface area contributed by atoms with Crippen LogP contribution in [0.3, 0.4) is 0 Å². The van der Waals surface area contributed by atoms with E-state index in [0.717, 1.165) is 78.7 Å². The minimum atomic E-state index is -0.383. The Kier molecular flexibility index (Phi) is 6.35. The number of H-pyrrole nitrogens is 2. The molecule has 1 aromatic carbocycles. The number of aromatic amines is 2. The van der Waals surface area contributed by atoms with Gasteiger partial charge in [0.25, 0.3) is 0 Å². The fourth-order valence-corrected chi connectivity index (χ4v) is 5.98. The van der Waals surface area contributed by atoms with Gasteiger partial charge in [-0.3, -0.25) is 0 Å². The SMILES string of the molecule is COC(=O)c1ccc(-c2cc3cc4nc(c(-c5nccn5C)c5ccc(cc6nc(c(-c7nccn7C)c2[nH]3)C=C6)[nH]5)C=C4)cc1. The summed E-state index contributed by atoms with van der Waals surface area (Å²) >= 11 is 0. The Morgan fingerprint density at radius 1 is 0.717 bits per heavy atom. The van der Waals surface area contributed by atoms with Gasteiger partial charge in [0, 0.05) is 55.5 Å². The molecule has 0 saturated heterocycles. The second-order valence-electron chi connectivity index (χ2n) is 11.2. The molecule has 5 aromatic heterocycles. The molecule has 0 amide bonds. The number of aryl methyl sites for hydroxylation is 2.